The van der Waals surface area contributed by atoms with Gasteiger partial charge in [0.2, 0.25) is 0 Å². The second-order valence-electron chi connectivity index (χ2n) is 7.73. The Balaban J connectivity index is 1.84. The maximum atomic E-state index is 13.5. The molecule has 0 aliphatic heterocycles. The third kappa shape index (κ3) is 4.12. The second-order valence-corrected chi connectivity index (χ2v) is 9.38. The molecule has 0 saturated carbocycles. The van der Waals surface area contributed by atoms with Crippen LogP contribution in [-0.4, -0.2) is 18.2 Å². The summed E-state index contributed by atoms with van der Waals surface area (Å²) in [5.41, 5.74) is 3.66. The lowest BCUT2D eigenvalue weighted by Gasteiger charge is -2.20. The summed E-state index contributed by atoms with van der Waals surface area (Å²) in [6, 6.07) is 10.6. The number of anilines is 1. The normalized spacial score (nSPS) is 13.6. The van der Waals surface area contributed by atoms with Gasteiger partial charge in [-0.05, 0) is 67.5 Å². The maximum absolute atomic E-state index is 13.5. The van der Waals surface area contributed by atoms with Gasteiger partial charge in [0, 0.05) is 18.2 Å². The molecule has 1 N–H and O–H groups in total. The van der Waals surface area contributed by atoms with Crippen molar-refractivity contribution in [1.29, 1.82) is 0 Å². The molecule has 4 rings (SSSR count). The number of hydrogen-bond donors (Lipinski definition) is 1. The fraction of sp³-hybridized carbons (Fsp3) is 0.304. The Labute approximate surface area is 180 Å². The van der Waals surface area contributed by atoms with Crippen LogP contribution in [0.15, 0.2) is 52.2 Å². The first-order valence-electron chi connectivity index (χ1n) is 10.3. The van der Waals surface area contributed by atoms with E-state index in [-0.39, 0.29) is 16.1 Å². The summed E-state index contributed by atoms with van der Waals surface area (Å²) in [5.74, 6) is -0.523. The highest BCUT2D eigenvalue weighted by Crippen LogP contribution is 2.31. The average Bonchev–Trinajstić information content (AvgIpc) is 2.75. The minimum absolute atomic E-state index is 0.0933. The van der Waals surface area contributed by atoms with Gasteiger partial charge in [-0.2, -0.15) is 5.10 Å². The van der Waals surface area contributed by atoms with Crippen LogP contribution in [0.5, 0.6) is 0 Å². The van der Waals surface area contributed by atoms with Crippen molar-refractivity contribution < 1.29 is 12.8 Å². The lowest BCUT2D eigenvalue weighted by molar-refractivity contribution is 0.600. The van der Waals surface area contributed by atoms with E-state index in [4.69, 9.17) is 0 Å². The molecule has 0 fully saturated rings. The standard InChI is InChI=1S/C23H24FN3O3S/c1-3-15-11-12-16(22-19-9-4-5-10-20(19)23(28)27(2)25-22)13-21(15)31(29,30)26-18-8-6-7-17(24)14-18/h6-8,11-14,26H,3-5,9-10H2,1-2H3. The van der Waals surface area contributed by atoms with Crippen LogP contribution in [0.25, 0.3) is 11.3 Å². The van der Waals surface area contributed by atoms with Gasteiger partial charge in [-0.15, -0.1) is 0 Å². The Hall–Kier alpha value is -3.00. The number of nitrogens with one attached hydrogen (secondary N) is 1. The van der Waals surface area contributed by atoms with Gasteiger partial charge in [0.1, 0.15) is 5.82 Å². The van der Waals surface area contributed by atoms with Crippen LogP contribution in [0.1, 0.15) is 36.5 Å². The summed E-state index contributed by atoms with van der Waals surface area (Å²) in [5, 5.41) is 4.47. The van der Waals surface area contributed by atoms with E-state index >= 15 is 0 Å². The van der Waals surface area contributed by atoms with Crippen molar-refractivity contribution in [1.82, 2.24) is 9.78 Å². The topological polar surface area (TPSA) is 81.1 Å². The minimum Gasteiger partial charge on any atom is -0.280 e. The molecule has 1 aliphatic carbocycles. The molecule has 0 radical (unpaired) electrons. The summed E-state index contributed by atoms with van der Waals surface area (Å²) < 4.78 is 43.7. The second kappa shape index (κ2) is 8.26. The predicted octanol–water partition coefficient (Wildman–Crippen LogP) is 3.83. The van der Waals surface area contributed by atoms with Crippen LogP contribution in [-0.2, 0) is 36.3 Å². The Morgan fingerprint density at radius 1 is 1.10 bits per heavy atom. The number of hydrogen-bond acceptors (Lipinski definition) is 4. The summed E-state index contributed by atoms with van der Waals surface area (Å²) in [7, 11) is -2.34. The summed E-state index contributed by atoms with van der Waals surface area (Å²) >= 11 is 0. The zero-order chi connectivity index (χ0) is 22.2. The highest BCUT2D eigenvalue weighted by molar-refractivity contribution is 7.92. The van der Waals surface area contributed by atoms with Crippen molar-refractivity contribution in [2.45, 2.75) is 43.9 Å². The molecule has 3 aromatic rings. The summed E-state index contributed by atoms with van der Waals surface area (Å²) in [6.45, 7) is 1.88. The van der Waals surface area contributed by atoms with Crippen LogP contribution in [0, 0.1) is 5.82 Å². The van der Waals surface area contributed by atoms with E-state index in [9.17, 15) is 17.6 Å². The van der Waals surface area contributed by atoms with Crippen molar-refractivity contribution in [3.63, 3.8) is 0 Å². The first-order chi connectivity index (χ1) is 14.8. The third-order valence-corrected chi connectivity index (χ3v) is 7.11. The quantitative estimate of drug-likeness (QED) is 0.653. The molecule has 0 atom stereocenters. The third-order valence-electron chi connectivity index (χ3n) is 5.64. The number of rotatable bonds is 5. The van der Waals surface area contributed by atoms with Crippen LogP contribution >= 0.6 is 0 Å². The van der Waals surface area contributed by atoms with E-state index in [0.717, 1.165) is 36.5 Å². The Kier molecular flexibility index (Phi) is 5.66. The summed E-state index contributed by atoms with van der Waals surface area (Å²) in [4.78, 5) is 12.6. The van der Waals surface area contributed by atoms with Crippen molar-refractivity contribution in [2.75, 3.05) is 4.72 Å². The number of halogens is 1. The van der Waals surface area contributed by atoms with Crippen molar-refractivity contribution in [3.05, 3.63) is 75.3 Å². The van der Waals surface area contributed by atoms with Crippen LogP contribution < -0.4 is 10.3 Å². The van der Waals surface area contributed by atoms with Gasteiger partial charge >= 0.3 is 0 Å². The Morgan fingerprint density at radius 3 is 2.55 bits per heavy atom. The highest BCUT2D eigenvalue weighted by Gasteiger charge is 2.23. The molecule has 0 amide bonds. The lowest BCUT2D eigenvalue weighted by Crippen LogP contribution is -2.28. The molecular formula is C23H24FN3O3S. The molecular weight excluding hydrogens is 417 g/mol. The summed E-state index contributed by atoms with van der Waals surface area (Å²) in [6.07, 6.45) is 3.88. The maximum Gasteiger partial charge on any atom is 0.269 e. The molecule has 0 saturated heterocycles. The van der Waals surface area contributed by atoms with E-state index in [1.807, 2.05) is 13.0 Å². The first-order valence-corrected chi connectivity index (χ1v) is 11.8. The zero-order valence-corrected chi connectivity index (χ0v) is 18.3. The molecule has 1 aliphatic rings. The molecule has 162 valence electrons. The van der Waals surface area contributed by atoms with Crippen LogP contribution in [0.3, 0.4) is 0 Å². The van der Waals surface area contributed by atoms with Crippen molar-refractivity contribution >= 4 is 15.7 Å². The van der Waals surface area contributed by atoms with Crippen LogP contribution in [0.4, 0.5) is 10.1 Å². The molecule has 2 aromatic carbocycles. The predicted molar refractivity (Wildman–Crippen MR) is 118 cm³/mol. The Morgan fingerprint density at radius 2 is 1.84 bits per heavy atom. The van der Waals surface area contributed by atoms with E-state index in [2.05, 4.69) is 9.82 Å². The fourth-order valence-electron chi connectivity index (χ4n) is 4.09. The zero-order valence-electron chi connectivity index (χ0n) is 17.5. The molecule has 0 unspecified atom stereocenters. The molecule has 31 heavy (non-hydrogen) atoms. The largest absolute Gasteiger partial charge is 0.280 e. The van der Waals surface area contributed by atoms with E-state index in [1.165, 1.54) is 22.9 Å². The highest BCUT2D eigenvalue weighted by atomic mass is 32.2. The average molecular weight is 442 g/mol. The van der Waals surface area contributed by atoms with E-state index in [0.29, 0.717) is 29.7 Å². The first kappa shape index (κ1) is 21.2. The molecule has 1 aromatic heterocycles. The number of aromatic nitrogens is 2. The van der Waals surface area contributed by atoms with Crippen molar-refractivity contribution in [2.24, 2.45) is 7.05 Å². The van der Waals surface area contributed by atoms with Gasteiger partial charge in [0.05, 0.1) is 16.3 Å². The number of benzene rings is 2. The number of fused-ring (bicyclic) bond motifs is 1. The monoisotopic (exact) mass is 441 g/mol. The van der Waals surface area contributed by atoms with Gasteiger partial charge < -0.3 is 0 Å². The number of nitrogens with zero attached hydrogens (tertiary/aromatic N) is 2. The van der Waals surface area contributed by atoms with Crippen LogP contribution in [0.2, 0.25) is 0 Å². The lowest BCUT2D eigenvalue weighted by atomic mass is 9.89. The minimum atomic E-state index is -3.96. The van der Waals surface area contributed by atoms with E-state index in [1.54, 1.807) is 19.2 Å². The van der Waals surface area contributed by atoms with Gasteiger partial charge in [0.15, 0.2) is 0 Å². The van der Waals surface area contributed by atoms with E-state index < -0.39 is 15.8 Å². The van der Waals surface area contributed by atoms with Gasteiger partial charge in [-0.25, -0.2) is 17.5 Å². The molecule has 0 spiro atoms. The fourth-order valence-corrected chi connectivity index (χ4v) is 5.48. The van der Waals surface area contributed by atoms with Gasteiger partial charge in [-0.3, -0.25) is 9.52 Å². The SMILES string of the molecule is CCc1ccc(-c2nn(C)c(=O)c3c2CCCC3)cc1S(=O)(=O)Nc1cccc(F)c1. The smallest absolute Gasteiger partial charge is 0.269 e. The Bertz CT molecular complexity index is 1320. The molecule has 1 heterocycles. The van der Waals surface area contributed by atoms with Gasteiger partial charge in [-0.1, -0.05) is 25.1 Å². The van der Waals surface area contributed by atoms with Crippen molar-refractivity contribution in [3.8, 4) is 11.3 Å². The van der Waals surface area contributed by atoms with Gasteiger partial charge in [0.25, 0.3) is 15.6 Å². The molecule has 8 heteroatoms. The molecule has 0 bridgehead atoms. The molecule has 6 nitrogen and oxygen atoms in total. The number of sulfonamides is 1. The number of aryl methyl sites for hydroxylation is 2.